The molecule has 2 aromatic heterocycles. The van der Waals surface area contributed by atoms with Crippen molar-refractivity contribution < 1.29 is 40.3 Å². The zero-order chi connectivity index (χ0) is 24.4. The summed E-state index contributed by atoms with van der Waals surface area (Å²) in [6.07, 6.45) is -8.12. The second-order valence-electron chi connectivity index (χ2n) is 6.52. The van der Waals surface area contributed by atoms with E-state index in [9.17, 15) is 40.3 Å². The van der Waals surface area contributed by atoms with E-state index in [1.54, 1.807) is 0 Å². The molecule has 0 radical (unpaired) electrons. The quantitative estimate of drug-likeness (QED) is 0.538. The predicted octanol–water partition coefficient (Wildman–Crippen LogP) is 4.35. The summed E-state index contributed by atoms with van der Waals surface area (Å²) >= 11 is 0. The molecule has 0 bridgehead atoms. The molecule has 0 saturated heterocycles. The molecule has 0 aliphatic carbocycles. The van der Waals surface area contributed by atoms with E-state index in [1.807, 2.05) is 0 Å². The van der Waals surface area contributed by atoms with Gasteiger partial charge in [0.2, 0.25) is 5.56 Å². The van der Waals surface area contributed by atoms with Gasteiger partial charge in [0, 0.05) is 18.5 Å². The Labute approximate surface area is 180 Å². The summed E-state index contributed by atoms with van der Waals surface area (Å²) in [7, 11) is 0. The summed E-state index contributed by atoms with van der Waals surface area (Å²) in [6.45, 7) is 0. The van der Waals surface area contributed by atoms with E-state index >= 15 is 0 Å². The number of halogens is 7. The minimum absolute atomic E-state index is 0.151. The first-order valence-electron chi connectivity index (χ1n) is 8.92. The Bertz CT molecular complexity index is 1200. The average molecular weight is 475 g/mol. The van der Waals surface area contributed by atoms with Crippen LogP contribution in [-0.2, 0) is 6.18 Å². The Balaban J connectivity index is 2.08. The van der Waals surface area contributed by atoms with Gasteiger partial charge in [-0.3, -0.25) is 14.6 Å². The van der Waals surface area contributed by atoms with Crippen LogP contribution in [0.15, 0.2) is 59.7 Å². The third kappa shape index (κ3) is 5.87. The minimum atomic E-state index is -5.20. The number of ether oxygens (including phenoxy) is 1. The molecule has 2 heterocycles. The molecular formula is C20H12F7N3O3. The molecule has 1 atom stereocenters. The van der Waals surface area contributed by atoms with Gasteiger partial charge in [-0.1, -0.05) is 6.07 Å². The Morgan fingerprint density at radius 2 is 1.79 bits per heavy atom. The Morgan fingerprint density at radius 3 is 2.36 bits per heavy atom. The number of aromatic nitrogens is 2. The van der Waals surface area contributed by atoms with Crippen LogP contribution in [0.2, 0.25) is 0 Å². The van der Waals surface area contributed by atoms with Crippen molar-refractivity contribution in [2.45, 2.75) is 18.6 Å². The minimum Gasteiger partial charge on any atom is -0.403 e. The first-order chi connectivity index (χ1) is 15.3. The number of rotatable bonds is 5. The number of alkyl halides is 6. The van der Waals surface area contributed by atoms with E-state index in [1.165, 1.54) is 0 Å². The SMILES string of the molecule is O=C(NC(c1ccc(OC(F)(F)F)c(F)c1)c1ncccc1C(F)(F)F)c1ccc(=O)[nH]c1. The van der Waals surface area contributed by atoms with Crippen molar-refractivity contribution in [2.24, 2.45) is 0 Å². The molecule has 2 N–H and O–H groups in total. The van der Waals surface area contributed by atoms with E-state index in [4.69, 9.17) is 0 Å². The fourth-order valence-corrected chi connectivity index (χ4v) is 2.87. The number of hydrogen-bond donors (Lipinski definition) is 2. The molecule has 6 nitrogen and oxygen atoms in total. The molecule has 174 valence electrons. The smallest absolute Gasteiger partial charge is 0.403 e. The van der Waals surface area contributed by atoms with E-state index in [-0.39, 0.29) is 11.1 Å². The Morgan fingerprint density at radius 1 is 1.06 bits per heavy atom. The molecule has 0 aliphatic rings. The van der Waals surface area contributed by atoms with Crippen molar-refractivity contribution in [3.63, 3.8) is 0 Å². The summed E-state index contributed by atoms with van der Waals surface area (Å²) in [5, 5.41) is 2.24. The van der Waals surface area contributed by atoms with Gasteiger partial charge in [0.25, 0.3) is 5.91 Å². The van der Waals surface area contributed by atoms with Crippen LogP contribution < -0.4 is 15.6 Å². The number of benzene rings is 1. The molecule has 3 aromatic rings. The van der Waals surface area contributed by atoms with Gasteiger partial charge >= 0.3 is 12.5 Å². The lowest BCUT2D eigenvalue weighted by Gasteiger charge is -2.23. The number of nitrogens with zero attached hydrogens (tertiary/aromatic N) is 1. The fraction of sp³-hybridized carbons (Fsp3) is 0.150. The number of amides is 1. The van der Waals surface area contributed by atoms with Gasteiger partial charge in [-0.15, -0.1) is 13.2 Å². The fourth-order valence-electron chi connectivity index (χ4n) is 2.87. The van der Waals surface area contributed by atoms with Crippen LogP contribution in [0, 0.1) is 5.82 Å². The molecule has 13 heteroatoms. The molecule has 33 heavy (non-hydrogen) atoms. The van der Waals surface area contributed by atoms with Gasteiger partial charge in [0.1, 0.15) is 0 Å². The zero-order valence-electron chi connectivity index (χ0n) is 16.1. The highest BCUT2D eigenvalue weighted by atomic mass is 19.4. The normalized spacial score (nSPS) is 12.8. The van der Waals surface area contributed by atoms with E-state index < -0.39 is 52.9 Å². The first kappa shape index (κ1) is 23.8. The highest BCUT2D eigenvalue weighted by Crippen LogP contribution is 2.36. The lowest BCUT2D eigenvalue weighted by molar-refractivity contribution is -0.275. The highest BCUT2D eigenvalue weighted by Gasteiger charge is 2.37. The summed E-state index contributed by atoms with van der Waals surface area (Å²) in [6, 6.07) is 3.95. The van der Waals surface area contributed by atoms with Crippen LogP contribution in [0.1, 0.15) is 33.2 Å². The molecule has 0 aliphatic heterocycles. The maximum Gasteiger partial charge on any atom is 0.573 e. The van der Waals surface area contributed by atoms with Gasteiger partial charge in [-0.25, -0.2) is 4.39 Å². The summed E-state index contributed by atoms with van der Waals surface area (Å²) in [5.41, 5.74) is -3.03. The Kier molecular flexibility index (Phi) is 6.42. The molecular weight excluding hydrogens is 463 g/mol. The molecule has 0 saturated carbocycles. The number of hydrogen-bond acceptors (Lipinski definition) is 4. The zero-order valence-corrected chi connectivity index (χ0v) is 16.1. The van der Waals surface area contributed by atoms with Crippen molar-refractivity contribution in [3.8, 4) is 5.75 Å². The third-order valence-electron chi connectivity index (χ3n) is 4.25. The monoisotopic (exact) mass is 475 g/mol. The third-order valence-corrected chi connectivity index (χ3v) is 4.25. The van der Waals surface area contributed by atoms with Crippen LogP contribution in [0.25, 0.3) is 0 Å². The van der Waals surface area contributed by atoms with E-state index in [0.29, 0.717) is 18.2 Å². The number of carbonyl (C=O) groups excluding carboxylic acids is 1. The van der Waals surface area contributed by atoms with E-state index in [0.717, 1.165) is 36.7 Å². The van der Waals surface area contributed by atoms with Crippen molar-refractivity contribution in [1.82, 2.24) is 15.3 Å². The average Bonchev–Trinajstić information content (AvgIpc) is 2.72. The highest BCUT2D eigenvalue weighted by molar-refractivity contribution is 5.94. The van der Waals surface area contributed by atoms with Crippen LogP contribution in [0.5, 0.6) is 5.75 Å². The Hall–Kier alpha value is -3.90. The lowest BCUT2D eigenvalue weighted by atomic mass is 9.98. The van der Waals surface area contributed by atoms with Crippen molar-refractivity contribution in [2.75, 3.05) is 0 Å². The van der Waals surface area contributed by atoms with Crippen LogP contribution in [0.3, 0.4) is 0 Å². The van der Waals surface area contributed by atoms with Gasteiger partial charge in [0.15, 0.2) is 11.6 Å². The summed E-state index contributed by atoms with van der Waals surface area (Å²) < 4.78 is 95.7. The molecule has 1 aromatic carbocycles. The summed E-state index contributed by atoms with van der Waals surface area (Å²) in [5.74, 6) is -3.71. The number of pyridine rings is 2. The lowest BCUT2D eigenvalue weighted by Crippen LogP contribution is -2.32. The van der Waals surface area contributed by atoms with Crippen LogP contribution >= 0.6 is 0 Å². The number of H-pyrrole nitrogens is 1. The van der Waals surface area contributed by atoms with E-state index in [2.05, 4.69) is 20.0 Å². The molecule has 3 rings (SSSR count). The summed E-state index contributed by atoms with van der Waals surface area (Å²) in [4.78, 5) is 29.7. The molecule has 0 spiro atoms. The van der Waals surface area contributed by atoms with Crippen molar-refractivity contribution >= 4 is 5.91 Å². The van der Waals surface area contributed by atoms with Gasteiger partial charge in [-0.2, -0.15) is 13.2 Å². The van der Waals surface area contributed by atoms with Crippen molar-refractivity contribution in [1.29, 1.82) is 0 Å². The maximum absolute atomic E-state index is 14.3. The predicted molar refractivity (Wildman–Crippen MR) is 98.7 cm³/mol. The second-order valence-corrected chi connectivity index (χ2v) is 6.52. The second kappa shape index (κ2) is 8.92. The van der Waals surface area contributed by atoms with Crippen LogP contribution in [0.4, 0.5) is 30.7 Å². The van der Waals surface area contributed by atoms with Gasteiger partial charge in [0.05, 0.1) is 22.9 Å². The van der Waals surface area contributed by atoms with Crippen molar-refractivity contribution in [3.05, 3.63) is 93.4 Å². The molecule has 1 amide bonds. The largest absolute Gasteiger partial charge is 0.573 e. The topological polar surface area (TPSA) is 84.1 Å². The standard InChI is InChI=1S/C20H12F7N3O3/c21-13-8-10(3-5-14(13)33-20(25,26)27)16(17-12(19(22,23)24)2-1-7-28-17)30-18(32)11-4-6-15(31)29-9-11/h1-9,16H,(H,29,31)(H,30,32). The van der Waals surface area contributed by atoms with Crippen LogP contribution in [-0.4, -0.2) is 22.2 Å². The number of aromatic amines is 1. The molecule has 1 unspecified atom stereocenters. The first-order valence-corrected chi connectivity index (χ1v) is 8.92. The van der Waals surface area contributed by atoms with Gasteiger partial charge in [-0.05, 0) is 35.9 Å². The molecule has 0 fully saturated rings. The number of carbonyl (C=O) groups is 1. The number of nitrogens with one attached hydrogen (secondary N) is 2. The maximum atomic E-state index is 14.3. The van der Waals surface area contributed by atoms with Gasteiger partial charge < -0.3 is 15.0 Å².